The third kappa shape index (κ3) is 8.84. The van der Waals surface area contributed by atoms with E-state index in [9.17, 15) is 4.79 Å². The number of ether oxygens (including phenoxy) is 5. The molecule has 9 nitrogen and oxygen atoms in total. The molecule has 2 aliphatic rings. The Kier molecular flexibility index (Phi) is 11.8. The van der Waals surface area contributed by atoms with E-state index in [0.29, 0.717) is 39.5 Å². The molecule has 9 heteroatoms. The monoisotopic (exact) mass is 645 g/mol. The molecule has 2 heterocycles. The molecular formula is C38H51N3O6. The summed E-state index contributed by atoms with van der Waals surface area (Å²) in [5.74, 6) is 1.01. The number of anilines is 1. The van der Waals surface area contributed by atoms with E-state index in [2.05, 4.69) is 42.7 Å². The van der Waals surface area contributed by atoms with Gasteiger partial charge < -0.3 is 40.1 Å². The van der Waals surface area contributed by atoms with Crippen molar-refractivity contribution in [3.63, 3.8) is 0 Å². The molecule has 0 saturated carbocycles. The number of nitrogens with two attached hydrogens (primary N) is 1. The smallest absolute Gasteiger partial charge is 0.323 e. The second-order valence-electron chi connectivity index (χ2n) is 13.5. The van der Waals surface area contributed by atoms with E-state index < -0.39 is 18.1 Å². The Morgan fingerprint density at radius 2 is 1.74 bits per heavy atom. The van der Waals surface area contributed by atoms with Crippen LogP contribution in [0.25, 0.3) is 0 Å². The number of hydrogen-bond acceptors (Lipinski definition) is 9. The van der Waals surface area contributed by atoms with Gasteiger partial charge in [-0.25, -0.2) is 0 Å². The summed E-state index contributed by atoms with van der Waals surface area (Å²) in [5, 5.41) is 6.95. The Bertz CT molecular complexity index is 1460. The second-order valence-corrected chi connectivity index (χ2v) is 13.5. The Morgan fingerprint density at radius 1 is 0.979 bits per heavy atom. The minimum absolute atomic E-state index is 0.0223. The highest BCUT2D eigenvalue weighted by atomic mass is 16.6. The van der Waals surface area contributed by atoms with E-state index in [1.165, 1.54) is 11.3 Å². The normalized spacial score (nSPS) is 20.7. The lowest BCUT2D eigenvalue weighted by molar-refractivity contribution is -0.157. The number of carbonyl (C=O) groups is 1. The summed E-state index contributed by atoms with van der Waals surface area (Å²) in [5.41, 5.74) is 11.9. The minimum atomic E-state index is -0.686. The number of hydrogen-bond donors (Lipinski definition) is 3. The molecule has 0 unspecified atom stereocenters. The van der Waals surface area contributed by atoms with E-state index in [1.54, 1.807) is 7.11 Å². The van der Waals surface area contributed by atoms with Gasteiger partial charge in [0.25, 0.3) is 0 Å². The number of carbonyl (C=O) groups excluding carboxylic acids is 1. The van der Waals surface area contributed by atoms with Crippen LogP contribution in [0.2, 0.25) is 0 Å². The fourth-order valence-electron chi connectivity index (χ4n) is 6.24. The van der Waals surface area contributed by atoms with Gasteiger partial charge in [0.05, 0.1) is 39.6 Å². The van der Waals surface area contributed by atoms with Crippen LogP contribution in [-0.4, -0.2) is 64.2 Å². The van der Waals surface area contributed by atoms with Crippen molar-refractivity contribution in [2.24, 2.45) is 11.7 Å². The van der Waals surface area contributed by atoms with Crippen molar-refractivity contribution in [2.45, 2.75) is 76.9 Å². The van der Waals surface area contributed by atoms with Crippen LogP contribution in [0.5, 0.6) is 11.5 Å². The average molecular weight is 646 g/mol. The molecule has 3 aromatic rings. The van der Waals surface area contributed by atoms with E-state index in [1.807, 2.05) is 62.4 Å². The summed E-state index contributed by atoms with van der Waals surface area (Å²) in [6, 6.07) is 21.7. The van der Waals surface area contributed by atoms with Gasteiger partial charge in [-0.15, -0.1) is 0 Å². The summed E-state index contributed by atoms with van der Waals surface area (Å²) in [6.07, 6.45) is 0.104. The van der Waals surface area contributed by atoms with Crippen molar-refractivity contribution >= 4 is 11.7 Å². The van der Waals surface area contributed by atoms with Gasteiger partial charge in [-0.3, -0.25) is 4.79 Å². The lowest BCUT2D eigenvalue weighted by Gasteiger charge is -2.39. The first kappa shape index (κ1) is 34.7. The van der Waals surface area contributed by atoms with Crippen molar-refractivity contribution in [1.82, 2.24) is 5.32 Å². The number of methoxy groups -OCH3 is 1. The first-order chi connectivity index (χ1) is 22.7. The molecule has 0 aromatic heterocycles. The topological polar surface area (TPSA) is 113 Å². The molecule has 0 radical (unpaired) electrons. The summed E-state index contributed by atoms with van der Waals surface area (Å²) in [6.45, 7) is 12.5. The third-order valence-corrected chi connectivity index (χ3v) is 9.16. The highest BCUT2D eigenvalue weighted by Gasteiger charge is 2.39. The Morgan fingerprint density at radius 3 is 2.51 bits per heavy atom. The predicted octanol–water partition coefficient (Wildman–Crippen LogP) is 5.55. The van der Waals surface area contributed by atoms with Crippen LogP contribution in [0.1, 0.15) is 62.3 Å². The van der Waals surface area contributed by atoms with E-state index >= 15 is 0 Å². The molecule has 5 rings (SSSR count). The number of para-hydroxylation sites is 1. The zero-order valence-electron chi connectivity index (χ0n) is 28.4. The highest BCUT2D eigenvalue weighted by molar-refractivity contribution is 5.76. The standard InChI is InChI=1S/C38H51N3O6/c1-25(2)36(39)37(42)47-34-21-40-20-33(46-22-26-11-16-30-31(19-26)41-24-38(30,3)4)35(34)27-12-14-29(15-13-27)45-18-8-17-44-23-28-9-6-7-10-32(28)43-5/h6-7,9-16,19,25,33-36,40-41H,8,17-18,20-24,39H2,1-5H3/t33-,34+,35+,36-/m0/s1. The van der Waals surface area contributed by atoms with Crippen molar-refractivity contribution in [3.05, 3.63) is 89.0 Å². The van der Waals surface area contributed by atoms with Crippen molar-refractivity contribution in [3.8, 4) is 11.5 Å². The molecule has 0 amide bonds. The number of piperidine rings is 1. The van der Waals surface area contributed by atoms with Gasteiger partial charge in [0.15, 0.2) is 0 Å². The van der Waals surface area contributed by atoms with Crippen LogP contribution < -0.4 is 25.8 Å². The Balaban J connectivity index is 1.21. The molecule has 4 N–H and O–H groups in total. The fourth-order valence-corrected chi connectivity index (χ4v) is 6.24. The molecule has 1 saturated heterocycles. The molecule has 0 bridgehead atoms. The predicted molar refractivity (Wildman–Crippen MR) is 184 cm³/mol. The van der Waals surface area contributed by atoms with E-state index in [4.69, 9.17) is 29.4 Å². The quantitative estimate of drug-likeness (QED) is 0.145. The van der Waals surface area contributed by atoms with Gasteiger partial charge in [0, 0.05) is 48.6 Å². The van der Waals surface area contributed by atoms with Crippen molar-refractivity contribution < 1.29 is 28.5 Å². The molecule has 2 aliphatic heterocycles. The van der Waals surface area contributed by atoms with Crippen LogP contribution in [-0.2, 0) is 37.6 Å². The fraction of sp³-hybridized carbons (Fsp3) is 0.500. The zero-order chi connectivity index (χ0) is 33.4. The zero-order valence-corrected chi connectivity index (χ0v) is 28.4. The maximum Gasteiger partial charge on any atom is 0.323 e. The van der Waals surface area contributed by atoms with Crippen LogP contribution in [0.3, 0.4) is 0 Å². The largest absolute Gasteiger partial charge is 0.496 e. The summed E-state index contributed by atoms with van der Waals surface area (Å²) in [4.78, 5) is 13.0. The van der Waals surface area contributed by atoms with Gasteiger partial charge in [0.2, 0.25) is 0 Å². The van der Waals surface area contributed by atoms with Gasteiger partial charge >= 0.3 is 5.97 Å². The number of rotatable bonds is 15. The molecule has 3 aromatic carbocycles. The Labute approximate surface area is 279 Å². The first-order valence-corrected chi connectivity index (χ1v) is 16.7. The minimum Gasteiger partial charge on any atom is -0.496 e. The van der Waals surface area contributed by atoms with Crippen LogP contribution in [0, 0.1) is 5.92 Å². The van der Waals surface area contributed by atoms with E-state index in [-0.39, 0.29) is 23.4 Å². The Hall–Kier alpha value is -3.63. The first-order valence-electron chi connectivity index (χ1n) is 16.7. The summed E-state index contributed by atoms with van der Waals surface area (Å²) >= 11 is 0. The van der Waals surface area contributed by atoms with Gasteiger partial charge in [0.1, 0.15) is 23.6 Å². The number of fused-ring (bicyclic) bond motifs is 1. The van der Waals surface area contributed by atoms with Crippen molar-refractivity contribution in [2.75, 3.05) is 45.3 Å². The second kappa shape index (κ2) is 16.0. The number of esters is 1. The highest BCUT2D eigenvalue weighted by Crippen LogP contribution is 2.37. The summed E-state index contributed by atoms with van der Waals surface area (Å²) < 4.78 is 29.9. The van der Waals surface area contributed by atoms with Gasteiger partial charge in [-0.2, -0.15) is 0 Å². The maximum atomic E-state index is 13.0. The lowest BCUT2D eigenvalue weighted by atomic mass is 9.85. The molecule has 4 atom stereocenters. The molecule has 1 fully saturated rings. The summed E-state index contributed by atoms with van der Waals surface area (Å²) in [7, 11) is 1.67. The number of nitrogens with one attached hydrogen (secondary N) is 2. The molecule has 0 aliphatic carbocycles. The van der Waals surface area contributed by atoms with Crippen molar-refractivity contribution in [1.29, 1.82) is 0 Å². The molecular weight excluding hydrogens is 594 g/mol. The lowest BCUT2D eigenvalue weighted by Crippen LogP contribution is -2.52. The van der Waals surface area contributed by atoms with Crippen LogP contribution in [0.4, 0.5) is 5.69 Å². The average Bonchev–Trinajstić information content (AvgIpc) is 3.38. The van der Waals surface area contributed by atoms with E-state index in [0.717, 1.165) is 41.2 Å². The van der Waals surface area contributed by atoms with Gasteiger partial charge in [-0.1, -0.05) is 70.2 Å². The van der Waals surface area contributed by atoms with Crippen LogP contribution in [0.15, 0.2) is 66.7 Å². The molecule has 47 heavy (non-hydrogen) atoms. The maximum absolute atomic E-state index is 13.0. The number of benzene rings is 3. The molecule has 254 valence electrons. The SMILES string of the molecule is COc1ccccc1COCCCOc1ccc([C@@H]2[C@@H](OCc3ccc4c(c3)NCC4(C)C)CNC[C@H]2OC(=O)[C@@H](N)C(C)C)cc1. The van der Waals surface area contributed by atoms with Gasteiger partial charge in [-0.05, 0) is 46.9 Å². The molecule has 0 spiro atoms. The third-order valence-electron chi connectivity index (χ3n) is 9.16. The van der Waals surface area contributed by atoms with Crippen LogP contribution >= 0.6 is 0 Å².